The second-order valence-electron chi connectivity index (χ2n) is 4.72. The molecule has 2 aromatic carbocycles. The largest absolute Gasteiger partial charge is 0.461 e. The number of hydrogen-bond donors (Lipinski definition) is 0. The van der Waals surface area contributed by atoms with Crippen molar-refractivity contribution in [1.82, 2.24) is 0 Å². The molecule has 0 spiro atoms. The van der Waals surface area contributed by atoms with Crippen molar-refractivity contribution in [3.8, 4) is 0 Å². The van der Waals surface area contributed by atoms with Gasteiger partial charge in [-0.15, -0.1) is 0 Å². The molecule has 116 valence electrons. The first kappa shape index (κ1) is 15.5. The van der Waals surface area contributed by atoms with E-state index in [4.69, 9.17) is 27.9 Å². The Morgan fingerprint density at radius 3 is 2.70 bits per heavy atom. The van der Waals surface area contributed by atoms with E-state index < -0.39 is 11.0 Å². The summed E-state index contributed by atoms with van der Waals surface area (Å²) in [6.07, 6.45) is -0.266. The molecule has 1 unspecified atom stereocenters. The van der Waals surface area contributed by atoms with Gasteiger partial charge in [0.15, 0.2) is 12.4 Å². The molecule has 23 heavy (non-hydrogen) atoms. The maximum atomic E-state index is 11.3. The van der Waals surface area contributed by atoms with Crippen LogP contribution in [0.25, 0.3) is 0 Å². The molecule has 0 saturated carbocycles. The summed E-state index contributed by atoms with van der Waals surface area (Å²) in [7, 11) is 0. The number of halogens is 2. The third kappa shape index (κ3) is 2.91. The highest BCUT2D eigenvalue weighted by atomic mass is 35.5. The number of hydrogen-bond acceptors (Lipinski definition) is 5. The Kier molecular flexibility index (Phi) is 4.02. The molecule has 0 aliphatic carbocycles. The number of non-ortho nitro benzene ring substituents is 1. The number of carbonyl (C=O) groups is 1. The van der Waals surface area contributed by atoms with Gasteiger partial charge in [0.1, 0.15) is 0 Å². The van der Waals surface area contributed by atoms with Gasteiger partial charge in [-0.3, -0.25) is 14.9 Å². The van der Waals surface area contributed by atoms with Crippen LogP contribution in [0.1, 0.15) is 17.2 Å². The highest BCUT2D eigenvalue weighted by molar-refractivity contribution is 6.34. The van der Waals surface area contributed by atoms with Crippen molar-refractivity contribution >= 4 is 46.8 Å². The van der Waals surface area contributed by atoms with Gasteiger partial charge in [-0.25, -0.2) is 4.99 Å². The zero-order valence-electron chi connectivity index (χ0n) is 11.4. The lowest BCUT2D eigenvalue weighted by atomic mass is 10.1. The van der Waals surface area contributed by atoms with Crippen LogP contribution in [-0.4, -0.2) is 17.1 Å². The Morgan fingerprint density at radius 2 is 2.00 bits per heavy atom. The van der Waals surface area contributed by atoms with Gasteiger partial charge in [-0.1, -0.05) is 29.3 Å². The minimum Gasteiger partial charge on any atom is -0.461 e. The van der Waals surface area contributed by atoms with Crippen LogP contribution in [-0.2, 0) is 9.53 Å². The molecule has 0 radical (unpaired) electrons. The number of fused-ring (bicyclic) bond motifs is 1. The van der Waals surface area contributed by atoms with E-state index in [-0.39, 0.29) is 22.2 Å². The summed E-state index contributed by atoms with van der Waals surface area (Å²) in [4.78, 5) is 25.9. The van der Waals surface area contributed by atoms with Gasteiger partial charge in [0, 0.05) is 22.7 Å². The van der Waals surface area contributed by atoms with Crippen LogP contribution in [0.4, 0.5) is 11.4 Å². The Labute approximate surface area is 140 Å². The predicted molar refractivity (Wildman–Crippen MR) is 85.6 cm³/mol. The summed E-state index contributed by atoms with van der Waals surface area (Å²) < 4.78 is 5.54. The smallest absolute Gasteiger partial charge is 0.270 e. The Balaban J connectivity index is 2.15. The van der Waals surface area contributed by atoms with Crippen molar-refractivity contribution < 1.29 is 14.5 Å². The van der Waals surface area contributed by atoms with Gasteiger partial charge >= 0.3 is 0 Å². The normalized spacial score (nSPS) is 16.1. The van der Waals surface area contributed by atoms with E-state index in [1.807, 2.05) is 0 Å². The number of nitro groups is 1. The number of aldehydes is 1. The minimum absolute atomic E-state index is 0.0329. The molecule has 0 amide bonds. The van der Waals surface area contributed by atoms with E-state index in [1.165, 1.54) is 18.2 Å². The number of nitro benzene ring substituents is 1. The monoisotopic (exact) mass is 350 g/mol. The van der Waals surface area contributed by atoms with E-state index >= 15 is 0 Å². The van der Waals surface area contributed by atoms with Crippen molar-refractivity contribution in [3.63, 3.8) is 0 Å². The second-order valence-corrected chi connectivity index (χ2v) is 5.56. The van der Waals surface area contributed by atoms with E-state index in [0.29, 0.717) is 22.6 Å². The first-order valence-corrected chi connectivity index (χ1v) is 7.19. The summed E-state index contributed by atoms with van der Waals surface area (Å²) >= 11 is 12.0. The van der Waals surface area contributed by atoms with Crippen molar-refractivity contribution in [3.05, 3.63) is 67.7 Å². The lowest BCUT2D eigenvalue weighted by Gasteiger charge is -2.22. The van der Waals surface area contributed by atoms with Crippen LogP contribution >= 0.6 is 23.2 Å². The van der Waals surface area contributed by atoms with Crippen LogP contribution in [0.2, 0.25) is 10.0 Å². The van der Waals surface area contributed by atoms with Crippen LogP contribution in [0, 0.1) is 10.1 Å². The molecule has 0 fully saturated rings. The third-order valence-electron chi connectivity index (χ3n) is 3.27. The summed E-state index contributed by atoms with van der Waals surface area (Å²) in [6, 6.07) is 8.76. The van der Waals surface area contributed by atoms with E-state index in [1.54, 1.807) is 18.2 Å². The van der Waals surface area contributed by atoms with Gasteiger partial charge in [-0.05, 0) is 18.2 Å². The molecule has 3 rings (SSSR count). The fourth-order valence-corrected chi connectivity index (χ4v) is 2.55. The van der Waals surface area contributed by atoms with Crippen LogP contribution < -0.4 is 0 Å². The number of nitrogens with zero attached hydrogens (tertiary/aromatic N) is 2. The molecule has 1 aliphatic heterocycles. The fourth-order valence-electron chi connectivity index (χ4n) is 2.19. The lowest BCUT2D eigenvalue weighted by Crippen LogP contribution is -2.18. The lowest BCUT2D eigenvalue weighted by molar-refractivity contribution is -0.384. The van der Waals surface area contributed by atoms with Gasteiger partial charge in [0.2, 0.25) is 5.90 Å². The zero-order valence-corrected chi connectivity index (χ0v) is 12.9. The highest BCUT2D eigenvalue weighted by Crippen LogP contribution is 2.36. The Bertz CT molecular complexity index is 851. The summed E-state index contributed by atoms with van der Waals surface area (Å²) in [5.74, 6) is 0.0329. The average Bonchev–Trinajstić information content (AvgIpc) is 2.53. The molecule has 2 aromatic rings. The number of rotatable bonds is 3. The van der Waals surface area contributed by atoms with E-state index in [9.17, 15) is 14.9 Å². The van der Waals surface area contributed by atoms with E-state index in [0.717, 1.165) is 0 Å². The van der Waals surface area contributed by atoms with Crippen molar-refractivity contribution in [2.24, 2.45) is 4.99 Å². The molecule has 1 aliphatic rings. The maximum Gasteiger partial charge on any atom is 0.270 e. The molecule has 6 nitrogen and oxygen atoms in total. The van der Waals surface area contributed by atoms with Gasteiger partial charge in [0.25, 0.3) is 5.69 Å². The molecular formula is C15H8Cl2N2O4. The number of ether oxygens (including phenoxy) is 1. The predicted octanol–water partition coefficient (Wildman–Crippen LogP) is 4.25. The molecule has 0 N–H and O–H groups in total. The van der Waals surface area contributed by atoms with Crippen LogP contribution in [0.5, 0.6) is 0 Å². The van der Waals surface area contributed by atoms with Crippen molar-refractivity contribution in [2.75, 3.05) is 0 Å². The minimum atomic E-state index is -0.884. The number of benzene rings is 2. The quantitative estimate of drug-likeness (QED) is 0.470. The average molecular weight is 351 g/mol. The fraction of sp³-hybridized carbons (Fsp3) is 0.0667. The van der Waals surface area contributed by atoms with Crippen LogP contribution in [0.15, 0.2) is 41.4 Å². The second kappa shape index (κ2) is 5.98. The molecular weight excluding hydrogens is 343 g/mol. The summed E-state index contributed by atoms with van der Waals surface area (Å²) in [5, 5.41) is 11.6. The summed E-state index contributed by atoms with van der Waals surface area (Å²) in [5.41, 5.74) is 1.10. The number of aliphatic imine (C=N–C) groups is 1. The standard InChI is InChI=1S/C15H8Cl2N2O4/c16-8-1-3-10-13(5-8)18-15(23-14(10)7-20)11-6-9(19(21)22)2-4-12(11)17/h1-7,14H. The van der Waals surface area contributed by atoms with Gasteiger partial charge < -0.3 is 4.74 Å². The van der Waals surface area contributed by atoms with Gasteiger partial charge in [0.05, 0.1) is 21.2 Å². The topological polar surface area (TPSA) is 81.8 Å². The molecule has 8 heteroatoms. The Hall–Kier alpha value is -2.44. The van der Waals surface area contributed by atoms with Crippen LogP contribution in [0.3, 0.4) is 0 Å². The summed E-state index contributed by atoms with van der Waals surface area (Å²) in [6.45, 7) is 0. The maximum absolute atomic E-state index is 11.3. The zero-order chi connectivity index (χ0) is 16.6. The van der Waals surface area contributed by atoms with Crippen molar-refractivity contribution in [2.45, 2.75) is 6.10 Å². The molecule has 0 bridgehead atoms. The number of carbonyl (C=O) groups excluding carboxylic acids is 1. The molecule has 1 heterocycles. The SMILES string of the molecule is O=CC1OC(c2cc([N+](=O)[O-])ccc2Cl)=Nc2cc(Cl)ccc21. The van der Waals surface area contributed by atoms with E-state index in [2.05, 4.69) is 4.99 Å². The molecule has 0 saturated heterocycles. The van der Waals surface area contributed by atoms with Crippen molar-refractivity contribution in [1.29, 1.82) is 0 Å². The molecule has 0 aromatic heterocycles. The first-order valence-electron chi connectivity index (χ1n) is 6.44. The molecule has 1 atom stereocenters. The Morgan fingerprint density at radius 1 is 1.22 bits per heavy atom. The highest BCUT2D eigenvalue weighted by Gasteiger charge is 2.26. The van der Waals surface area contributed by atoms with Gasteiger partial charge in [-0.2, -0.15) is 0 Å². The first-order chi connectivity index (χ1) is 11.0. The third-order valence-corrected chi connectivity index (χ3v) is 3.84.